The number of nitrogens with zero attached hydrogens (tertiary/aromatic N) is 4. The average Bonchev–Trinajstić information content (AvgIpc) is 2.46. The first-order chi connectivity index (χ1) is 10.9. The number of ether oxygens (including phenoxy) is 1. The summed E-state index contributed by atoms with van der Waals surface area (Å²) in [5.41, 5.74) is -0.512. The quantitative estimate of drug-likeness (QED) is 0.670. The van der Waals surface area contributed by atoms with Gasteiger partial charge in [-0.2, -0.15) is 5.26 Å². The Morgan fingerprint density at radius 2 is 2.35 bits per heavy atom. The summed E-state index contributed by atoms with van der Waals surface area (Å²) >= 11 is 1.05. The standard InChI is InChI=1S/C15H21N5O2S/c1-15(2,3)22-14(21)19-11-5-4-6-20(8-11)13-12(23-9-16)7-17-10-18-13/h7,10-11H,4-6,8H2,1-3H3,(H,19,21). The number of thiocyanates is 1. The van der Waals surface area contributed by atoms with Crippen molar-refractivity contribution in [2.45, 2.75) is 50.2 Å². The van der Waals surface area contributed by atoms with Crippen LogP contribution in [0.5, 0.6) is 0 Å². The van der Waals surface area contributed by atoms with Crippen molar-refractivity contribution in [1.82, 2.24) is 15.3 Å². The van der Waals surface area contributed by atoms with Gasteiger partial charge in [0, 0.05) is 25.3 Å². The first-order valence-electron chi connectivity index (χ1n) is 7.49. The predicted octanol–water partition coefficient (Wildman–Crippen LogP) is 2.54. The van der Waals surface area contributed by atoms with Gasteiger partial charge in [-0.15, -0.1) is 0 Å². The molecule has 8 heteroatoms. The summed E-state index contributed by atoms with van der Waals surface area (Å²) in [6.45, 7) is 6.99. The van der Waals surface area contributed by atoms with Gasteiger partial charge < -0.3 is 15.0 Å². The molecule has 1 N–H and O–H groups in total. The third kappa shape index (κ3) is 5.28. The number of nitriles is 1. The number of rotatable bonds is 3. The molecule has 0 aromatic carbocycles. The molecule has 7 nitrogen and oxygen atoms in total. The van der Waals surface area contributed by atoms with Crippen molar-refractivity contribution < 1.29 is 9.53 Å². The summed E-state index contributed by atoms with van der Waals surface area (Å²) in [5.74, 6) is 0.738. The van der Waals surface area contributed by atoms with E-state index in [1.165, 1.54) is 6.33 Å². The van der Waals surface area contributed by atoms with Crippen LogP contribution in [0.25, 0.3) is 0 Å². The number of alkyl carbamates (subject to hydrolysis) is 1. The number of hydrogen-bond donors (Lipinski definition) is 1. The van der Waals surface area contributed by atoms with E-state index in [1.807, 2.05) is 20.8 Å². The molecule has 2 heterocycles. The number of carbonyl (C=O) groups excluding carboxylic acids is 1. The van der Waals surface area contributed by atoms with Gasteiger partial charge in [0.25, 0.3) is 0 Å². The second-order valence-corrected chi connectivity index (χ2v) is 7.16. The van der Waals surface area contributed by atoms with E-state index in [-0.39, 0.29) is 6.04 Å². The lowest BCUT2D eigenvalue weighted by atomic mass is 10.1. The van der Waals surface area contributed by atoms with Crippen LogP contribution in [0.3, 0.4) is 0 Å². The fraction of sp³-hybridized carbons (Fsp3) is 0.600. The number of aromatic nitrogens is 2. The molecular weight excluding hydrogens is 314 g/mol. The molecular formula is C15H21N5O2S. The van der Waals surface area contributed by atoms with E-state index in [0.29, 0.717) is 6.54 Å². The topological polar surface area (TPSA) is 91.1 Å². The summed E-state index contributed by atoms with van der Waals surface area (Å²) in [6.07, 6.45) is 4.53. The lowest BCUT2D eigenvalue weighted by molar-refractivity contribution is 0.0500. The molecule has 1 saturated heterocycles. The normalized spacial score (nSPS) is 18.2. The van der Waals surface area contributed by atoms with Crippen LogP contribution in [0.4, 0.5) is 10.6 Å². The van der Waals surface area contributed by atoms with E-state index in [9.17, 15) is 4.79 Å². The summed E-state index contributed by atoms with van der Waals surface area (Å²) in [5, 5.41) is 13.8. The molecule has 1 aliphatic rings. The second kappa shape index (κ2) is 7.51. The molecule has 0 spiro atoms. The number of anilines is 1. The van der Waals surface area contributed by atoms with Crippen molar-refractivity contribution >= 4 is 23.7 Å². The van der Waals surface area contributed by atoms with Crippen molar-refractivity contribution in [2.24, 2.45) is 0 Å². The maximum Gasteiger partial charge on any atom is 0.407 e. The van der Waals surface area contributed by atoms with Crippen LogP contribution in [0, 0.1) is 10.7 Å². The van der Waals surface area contributed by atoms with Crippen LogP contribution in [0.2, 0.25) is 0 Å². The van der Waals surface area contributed by atoms with E-state index >= 15 is 0 Å². The van der Waals surface area contributed by atoms with Gasteiger partial charge in [0.15, 0.2) is 0 Å². The van der Waals surface area contributed by atoms with Crippen LogP contribution in [-0.2, 0) is 4.74 Å². The number of piperidine rings is 1. The molecule has 1 aromatic heterocycles. The van der Waals surface area contributed by atoms with Gasteiger partial charge in [-0.05, 0) is 45.4 Å². The Balaban J connectivity index is 2.01. The molecule has 0 aliphatic carbocycles. The van der Waals surface area contributed by atoms with Crippen molar-refractivity contribution in [1.29, 1.82) is 5.26 Å². The molecule has 0 radical (unpaired) electrons. The molecule has 1 amide bonds. The first-order valence-corrected chi connectivity index (χ1v) is 8.31. The predicted molar refractivity (Wildman–Crippen MR) is 88.1 cm³/mol. The maximum atomic E-state index is 11.9. The zero-order valence-corrected chi connectivity index (χ0v) is 14.4. The highest BCUT2D eigenvalue weighted by Gasteiger charge is 2.26. The highest BCUT2D eigenvalue weighted by Crippen LogP contribution is 2.28. The number of carbonyl (C=O) groups is 1. The van der Waals surface area contributed by atoms with Crippen LogP contribution in [0.1, 0.15) is 33.6 Å². The molecule has 1 aromatic rings. The Hall–Kier alpha value is -2.01. The van der Waals surface area contributed by atoms with Gasteiger partial charge in [0.2, 0.25) is 0 Å². The molecule has 1 atom stereocenters. The number of nitrogens with one attached hydrogen (secondary N) is 1. The smallest absolute Gasteiger partial charge is 0.407 e. The summed E-state index contributed by atoms with van der Waals surface area (Å²) in [4.78, 5) is 23.0. The minimum absolute atomic E-state index is 0.00602. The number of amides is 1. The van der Waals surface area contributed by atoms with Crippen molar-refractivity contribution in [3.63, 3.8) is 0 Å². The van der Waals surface area contributed by atoms with Gasteiger partial charge in [-0.3, -0.25) is 0 Å². The zero-order chi connectivity index (χ0) is 16.9. The van der Waals surface area contributed by atoms with Crippen LogP contribution in [0.15, 0.2) is 17.4 Å². The zero-order valence-electron chi connectivity index (χ0n) is 13.6. The molecule has 1 fully saturated rings. The van der Waals surface area contributed by atoms with E-state index in [0.717, 1.165) is 41.9 Å². The van der Waals surface area contributed by atoms with E-state index in [1.54, 1.807) is 6.20 Å². The molecule has 0 saturated carbocycles. The summed E-state index contributed by atoms with van der Waals surface area (Å²) < 4.78 is 5.30. The lowest BCUT2D eigenvalue weighted by Crippen LogP contribution is -2.49. The Kier molecular flexibility index (Phi) is 5.66. The van der Waals surface area contributed by atoms with E-state index in [2.05, 4.69) is 25.6 Å². The van der Waals surface area contributed by atoms with Crippen molar-refractivity contribution in [3.05, 3.63) is 12.5 Å². The van der Waals surface area contributed by atoms with Crippen LogP contribution >= 0.6 is 11.8 Å². The fourth-order valence-corrected chi connectivity index (χ4v) is 2.92. The maximum absolute atomic E-state index is 11.9. The van der Waals surface area contributed by atoms with Gasteiger partial charge >= 0.3 is 6.09 Å². The fourth-order valence-electron chi connectivity index (χ4n) is 2.43. The van der Waals surface area contributed by atoms with Gasteiger partial charge in [0.05, 0.1) is 4.90 Å². The summed E-state index contributed by atoms with van der Waals surface area (Å²) in [6, 6.07) is -0.00602. The second-order valence-electron chi connectivity index (χ2n) is 6.34. The number of hydrogen-bond acceptors (Lipinski definition) is 7. The third-order valence-electron chi connectivity index (χ3n) is 3.26. The highest BCUT2D eigenvalue weighted by molar-refractivity contribution is 8.03. The van der Waals surface area contributed by atoms with Gasteiger partial charge in [-0.1, -0.05) is 0 Å². The largest absolute Gasteiger partial charge is 0.444 e. The first kappa shape index (κ1) is 17.3. The van der Waals surface area contributed by atoms with Crippen molar-refractivity contribution in [2.75, 3.05) is 18.0 Å². The molecule has 1 aliphatic heterocycles. The molecule has 124 valence electrons. The number of thioether (sulfide) groups is 1. The Morgan fingerprint density at radius 1 is 1.57 bits per heavy atom. The van der Waals surface area contributed by atoms with E-state index < -0.39 is 11.7 Å². The molecule has 23 heavy (non-hydrogen) atoms. The summed E-state index contributed by atoms with van der Waals surface area (Å²) in [7, 11) is 0. The average molecular weight is 335 g/mol. The monoisotopic (exact) mass is 335 g/mol. The van der Waals surface area contributed by atoms with Crippen molar-refractivity contribution in [3.8, 4) is 5.40 Å². The van der Waals surface area contributed by atoms with E-state index in [4.69, 9.17) is 10.00 Å². The molecule has 2 rings (SSSR count). The highest BCUT2D eigenvalue weighted by atomic mass is 32.2. The third-order valence-corrected chi connectivity index (χ3v) is 3.86. The Labute approximate surface area is 140 Å². The SMILES string of the molecule is CC(C)(C)OC(=O)NC1CCCN(c2ncncc2SC#N)C1. The minimum Gasteiger partial charge on any atom is -0.444 e. The Bertz CT molecular complexity index is 596. The van der Waals surface area contributed by atoms with Gasteiger partial charge in [0.1, 0.15) is 23.1 Å². The van der Waals surface area contributed by atoms with Crippen LogP contribution < -0.4 is 10.2 Å². The van der Waals surface area contributed by atoms with Gasteiger partial charge in [-0.25, -0.2) is 14.8 Å². The molecule has 0 bridgehead atoms. The minimum atomic E-state index is -0.512. The Morgan fingerprint density at radius 3 is 3.04 bits per heavy atom. The van der Waals surface area contributed by atoms with Crippen LogP contribution in [-0.4, -0.2) is 40.8 Å². The molecule has 1 unspecified atom stereocenters. The lowest BCUT2D eigenvalue weighted by Gasteiger charge is -2.34.